The molecule has 25 heavy (non-hydrogen) atoms. The Balaban J connectivity index is 1.62. The third kappa shape index (κ3) is 4.18. The van der Waals surface area contributed by atoms with Crippen LogP contribution >= 0.6 is 23.1 Å². The normalized spacial score (nSPS) is 10.8. The lowest BCUT2D eigenvalue weighted by Crippen LogP contribution is -2.27. The van der Waals surface area contributed by atoms with Gasteiger partial charge in [-0.05, 0) is 35.7 Å². The van der Waals surface area contributed by atoms with E-state index in [2.05, 4.69) is 10.2 Å². The summed E-state index contributed by atoms with van der Waals surface area (Å²) in [5.41, 5.74) is 0.657. The van der Waals surface area contributed by atoms with E-state index in [0.717, 1.165) is 4.88 Å². The maximum absolute atomic E-state index is 13.0. The van der Waals surface area contributed by atoms with Gasteiger partial charge in [-0.25, -0.2) is 9.07 Å². The molecule has 1 amide bonds. The van der Waals surface area contributed by atoms with Crippen molar-refractivity contribution in [1.82, 2.24) is 19.8 Å². The second kappa shape index (κ2) is 7.66. The standard InChI is InChI=1S/C16H16FN5OS2/c1-21(9-13-3-2-8-24-13)14(23)10-25-16-20-19-15(22(16)18)11-4-6-12(17)7-5-11/h2-8H,9-10,18H2,1H3. The highest BCUT2D eigenvalue weighted by molar-refractivity contribution is 7.99. The third-order valence-corrected chi connectivity index (χ3v) is 5.28. The number of halogens is 1. The van der Waals surface area contributed by atoms with Gasteiger partial charge in [-0.2, -0.15) is 0 Å². The van der Waals surface area contributed by atoms with Crippen LogP contribution in [0.2, 0.25) is 0 Å². The molecule has 0 aliphatic carbocycles. The zero-order chi connectivity index (χ0) is 17.8. The minimum Gasteiger partial charge on any atom is -0.340 e. The van der Waals surface area contributed by atoms with Crippen LogP contribution in [0.1, 0.15) is 4.88 Å². The summed E-state index contributed by atoms with van der Waals surface area (Å²) in [7, 11) is 1.76. The van der Waals surface area contributed by atoms with Crippen molar-refractivity contribution in [2.75, 3.05) is 18.6 Å². The van der Waals surface area contributed by atoms with E-state index in [1.165, 1.54) is 28.6 Å². The highest BCUT2D eigenvalue weighted by atomic mass is 32.2. The molecule has 0 saturated carbocycles. The Bertz CT molecular complexity index is 848. The Kier molecular flexibility index (Phi) is 5.34. The SMILES string of the molecule is CN(Cc1cccs1)C(=O)CSc1nnc(-c2ccc(F)cc2)n1N. The lowest BCUT2D eigenvalue weighted by atomic mass is 10.2. The predicted molar refractivity (Wildman–Crippen MR) is 97.1 cm³/mol. The first kappa shape index (κ1) is 17.4. The molecule has 0 unspecified atom stereocenters. The van der Waals surface area contributed by atoms with Gasteiger partial charge in [0.25, 0.3) is 0 Å². The van der Waals surface area contributed by atoms with Crippen molar-refractivity contribution in [3.8, 4) is 11.4 Å². The van der Waals surface area contributed by atoms with E-state index < -0.39 is 0 Å². The topological polar surface area (TPSA) is 77.0 Å². The number of thiophene rings is 1. The number of nitrogens with zero attached hydrogens (tertiary/aromatic N) is 4. The maximum Gasteiger partial charge on any atom is 0.233 e. The summed E-state index contributed by atoms with van der Waals surface area (Å²) in [4.78, 5) is 15.0. The number of aromatic nitrogens is 3. The number of thioether (sulfide) groups is 1. The second-order valence-corrected chi connectivity index (χ2v) is 7.28. The molecule has 2 N–H and O–H groups in total. The van der Waals surface area contributed by atoms with Crippen LogP contribution < -0.4 is 5.84 Å². The van der Waals surface area contributed by atoms with E-state index >= 15 is 0 Å². The number of carbonyl (C=O) groups excluding carboxylic acids is 1. The van der Waals surface area contributed by atoms with E-state index in [0.29, 0.717) is 23.1 Å². The molecule has 0 spiro atoms. The molecule has 0 atom stereocenters. The summed E-state index contributed by atoms with van der Waals surface area (Å²) < 4.78 is 14.3. The molecular formula is C16H16FN5OS2. The molecule has 3 aromatic rings. The van der Waals surface area contributed by atoms with Crippen molar-refractivity contribution in [3.05, 3.63) is 52.5 Å². The van der Waals surface area contributed by atoms with Crippen LogP contribution in [0.15, 0.2) is 46.9 Å². The van der Waals surface area contributed by atoms with Gasteiger partial charge in [0.2, 0.25) is 11.1 Å². The van der Waals surface area contributed by atoms with Gasteiger partial charge >= 0.3 is 0 Å². The van der Waals surface area contributed by atoms with Gasteiger partial charge in [0.1, 0.15) is 5.82 Å². The Morgan fingerprint density at radius 2 is 2.08 bits per heavy atom. The molecule has 3 rings (SSSR count). The van der Waals surface area contributed by atoms with Crippen LogP contribution in [0.25, 0.3) is 11.4 Å². The van der Waals surface area contributed by atoms with Crippen LogP contribution in [0.5, 0.6) is 0 Å². The van der Waals surface area contributed by atoms with E-state index in [4.69, 9.17) is 5.84 Å². The third-order valence-electron chi connectivity index (χ3n) is 3.49. The van der Waals surface area contributed by atoms with Gasteiger partial charge in [-0.15, -0.1) is 21.5 Å². The average molecular weight is 377 g/mol. The molecule has 2 heterocycles. The molecule has 0 aliphatic heterocycles. The van der Waals surface area contributed by atoms with Gasteiger partial charge in [-0.3, -0.25) is 4.79 Å². The van der Waals surface area contributed by atoms with Crippen molar-refractivity contribution >= 4 is 29.0 Å². The van der Waals surface area contributed by atoms with Gasteiger partial charge in [0.05, 0.1) is 12.3 Å². The fraction of sp³-hybridized carbons (Fsp3) is 0.188. The van der Waals surface area contributed by atoms with Crippen molar-refractivity contribution in [1.29, 1.82) is 0 Å². The van der Waals surface area contributed by atoms with Crippen molar-refractivity contribution in [3.63, 3.8) is 0 Å². The minimum atomic E-state index is -0.333. The molecule has 9 heteroatoms. The van der Waals surface area contributed by atoms with Gasteiger partial charge < -0.3 is 10.7 Å². The summed E-state index contributed by atoms with van der Waals surface area (Å²) in [5.74, 6) is 6.27. The molecular weight excluding hydrogens is 361 g/mol. The summed E-state index contributed by atoms with van der Waals surface area (Å²) in [6.45, 7) is 0.577. The first-order chi connectivity index (χ1) is 12.0. The fourth-order valence-corrected chi connectivity index (χ4v) is 3.69. The van der Waals surface area contributed by atoms with Crippen molar-refractivity contribution < 1.29 is 9.18 Å². The fourth-order valence-electron chi connectivity index (χ4n) is 2.13. The molecule has 0 saturated heterocycles. The molecule has 0 radical (unpaired) electrons. The van der Waals surface area contributed by atoms with Gasteiger partial charge in [-0.1, -0.05) is 17.8 Å². The largest absolute Gasteiger partial charge is 0.340 e. The zero-order valence-corrected chi connectivity index (χ0v) is 15.1. The Morgan fingerprint density at radius 3 is 2.76 bits per heavy atom. The summed E-state index contributed by atoms with van der Waals surface area (Å²) >= 11 is 2.83. The maximum atomic E-state index is 13.0. The Labute approximate surface area is 152 Å². The number of rotatable bonds is 6. The molecule has 0 aliphatic rings. The van der Waals surface area contributed by atoms with E-state index in [1.54, 1.807) is 35.4 Å². The number of nitrogen functional groups attached to an aromatic ring is 1. The van der Waals surface area contributed by atoms with Crippen LogP contribution in [0.3, 0.4) is 0 Å². The van der Waals surface area contributed by atoms with Crippen LogP contribution in [0, 0.1) is 5.82 Å². The van der Waals surface area contributed by atoms with Crippen molar-refractivity contribution in [2.45, 2.75) is 11.7 Å². The van der Waals surface area contributed by atoms with Crippen LogP contribution in [-0.2, 0) is 11.3 Å². The Morgan fingerprint density at radius 1 is 1.32 bits per heavy atom. The number of nitrogens with two attached hydrogens (primary N) is 1. The van der Waals surface area contributed by atoms with E-state index in [1.807, 2.05) is 17.5 Å². The highest BCUT2D eigenvalue weighted by Gasteiger charge is 2.16. The molecule has 0 bridgehead atoms. The summed E-state index contributed by atoms with van der Waals surface area (Å²) in [6.07, 6.45) is 0. The number of carbonyl (C=O) groups is 1. The summed E-state index contributed by atoms with van der Waals surface area (Å²) in [6, 6.07) is 9.78. The average Bonchev–Trinajstić information content (AvgIpc) is 3.23. The Hall–Kier alpha value is -2.39. The number of hydrogen-bond donors (Lipinski definition) is 1. The number of amides is 1. The lowest BCUT2D eigenvalue weighted by molar-refractivity contribution is -0.127. The van der Waals surface area contributed by atoms with Gasteiger partial charge in [0.15, 0.2) is 5.82 Å². The van der Waals surface area contributed by atoms with Crippen LogP contribution in [0.4, 0.5) is 4.39 Å². The molecule has 2 aromatic heterocycles. The lowest BCUT2D eigenvalue weighted by Gasteiger charge is -2.15. The first-order valence-electron chi connectivity index (χ1n) is 7.40. The van der Waals surface area contributed by atoms with E-state index in [-0.39, 0.29) is 17.5 Å². The smallest absolute Gasteiger partial charge is 0.233 e. The van der Waals surface area contributed by atoms with Gasteiger partial charge in [0, 0.05) is 17.5 Å². The highest BCUT2D eigenvalue weighted by Crippen LogP contribution is 2.22. The molecule has 130 valence electrons. The van der Waals surface area contributed by atoms with E-state index in [9.17, 15) is 9.18 Å². The molecule has 1 aromatic carbocycles. The summed E-state index contributed by atoms with van der Waals surface area (Å²) in [5, 5.41) is 10.4. The number of benzene rings is 1. The molecule has 0 fully saturated rings. The number of hydrogen-bond acceptors (Lipinski definition) is 6. The van der Waals surface area contributed by atoms with Crippen LogP contribution in [-0.4, -0.2) is 38.5 Å². The quantitative estimate of drug-likeness (QED) is 0.528. The zero-order valence-electron chi connectivity index (χ0n) is 13.4. The van der Waals surface area contributed by atoms with Crippen molar-refractivity contribution in [2.24, 2.45) is 0 Å². The minimum absolute atomic E-state index is 0.0234. The second-order valence-electron chi connectivity index (χ2n) is 5.30. The molecule has 6 nitrogen and oxygen atoms in total. The monoisotopic (exact) mass is 377 g/mol. The first-order valence-corrected chi connectivity index (χ1v) is 9.26. The predicted octanol–water partition coefficient (Wildman–Crippen LogP) is 2.61.